The molecule has 8 nitrogen and oxygen atoms in total. The molecule has 4 rings (SSSR count). The molecule has 0 radical (unpaired) electrons. The Bertz CT molecular complexity index is 983. The van der Waals surface area contributed by atoms with Crippen LogP contribution in [-0.2, 0) is 13.2 Å². The van der Waals surface area contributed by atoms with E-state index in [0.29, 0.717) is 11.7 Å². The second kappa shape index (κ2) is 8.34. The molecule has 3 aromatic heterocycles. The average molecular weight is 376 g/mol. The molecule has 0 bridgehead atoms. The fourth-order valence-corrected chi connectivity index (χ4v) is 2.69. The first kappa shape index (κ1) is 17.7. The summed E-state index contributed by atoms with van der Waals surface area (Å²) in [5.41, 5.74) is 0.753. The van der Waals surface area contributed by atoms with Gasteiger partial charge < -0.3 is 14.6 Å². The normalized spacial score (nSPS) is 11.9. The van der Waals surface area contributed by atoms with Crippen molar-refractivity contribution in [3.05, 3.63) is 72.9 Å². The van der Waals surface area contributed by atoms with Crippen molar-refractivity contribution in [3.63, 3.8) is 0 Å². The number of aromatic nitrogens is 5. The molecular formula is C20H20N6O2. The Hall–Kier alpha value is -3.68. The quantitative estimate of drug-likeness (QED) is 0.504. The number of anilines is 1. The Morgan fingerprint density at radius 2 is 2.04 bits per heavy atom. The zero-order chi connectivity index (χ0) is 19.2. The van der Waals surface area contributed by atoms with Crippen molar-refractivity contribution in [2.24, 2.45) is 0 Å². The van der Waals surface area contributed by atoms with Gasteiger partial charge in [0.25, 0.3) is 5.89 Å². The first-order valence-electron chi connectivity index (χ1n) is 8.97. The molecule has 8 heteroatoms. The second-order valence-corrected chi connectivity index (χ2v) is 6.32. The first-order chi connectivity index (χ1) is 13.8. The van der Waals surface area contributed by atoms with E-state index >= 15 is 0 Å². The maximum atomic E-state index is 5.63. The van der Waals surface area contributed by atoms with Crippen LogP contribution in [0.3, 0.4) is 0 Å². The van der Waals surface area contributed by atoms with Crippen LogP contribution in [0.15, 0.2) is 71.6 Å². The lowest BCUT2D eigenvalue weighted by Gasteiger charge is -2.14. The maximum absolute atomic E-state index is 5.63. The van der Waals surface area contributed by atoms with Gasteiger partial charge in [0.15, 0.2) is 6.61 Å². The SMILES string of the molecule is CC(Cn1cccn1)Nc1ccc(-c2nc(COc3ccccc3)no2)cn1. The molecule has 1 unspecified atom stereocenters. The molecule has 0 spiro atoms. The summed E-state index contributed by atoms with van der Waals surface area (Å²) in [5.74, 6) is 2.43. The van der Waals surface area contributed by atoms with Crippen molar-refractivity contribution < 1.29 is 9.26 Å². The predicted octanol–water partition coefficient (Wildman–Crippen LogP) is 3.41. The minimum absolute atomic E-state index is 0.184. The van der Waals surface area contributed by atoms with Gasteiger partial charge in [0.1, 0.15) is 11.6 Å². The van der Waals surface area contributed by atoms with Crippen molar-refractivity contribution in [1.82, 2.24) is 24.9 Å². The van der Waals surface area contributed by atoms with Crippen molar-refractivity contribution in [3.8, 4) is 17.2 Å². The van der Waals surface area contributed by atoms with Crippen molar-refractivity contribution in [2.75, 3.05) is 5.32 Å². The molecule has 1 aromatic carbocycles. The van der Waals surface area contributed by atoms with Gasteiger partial charge in [0.2, 0.25) is 5.82 Å². The molecule has 142 valence electrons. The Morgan fingerprint density at radius 1 is 1.14 bits per heavy atom. The van der Waals surface area contributed by atoms with Crippen molar-refractivity contribution in [2.45, 2.75) is 26.1 Å². The summed E-state index contributed by atoms with van der Waals surface area (Å²) in [6, 6.07) is 15.4. The van der Waals surface area contributed by atoms with Gasteiger partial charge >= 0.3 is 0 Å². The third-order valence-corrected chi connectivity index (χ3v) is 4.00. The van der Waals surface area contributed by atoms with Crippen molar-refractivity contribution >= 4 is 5.82 Å². The lowest BCUT2D eigenvalue weighted by molar-refractivity contribution is 0.287. The first-order valence-corrected chi connectivity index (χ1v) is 8.97. The summed E-state index contributed by atoms with van der Waals surface area (Å²) in [5, 5.41) is 11.5. The average Bonchev–Trinajstić information content (AvgIpc) is 3.40. The number of benzene rings is 1. The van der Waals surface area contributed by atoms with Gasteiger partial charge in [-0.3, -0.25) is 4.68 Å². The summed E-state index contributed by atoms with van der Waals surface area (Å²) in [6.45, 7) is 3.07. The van der Waals surface area contributed by atoms with Crippen LogP contribution in [0, 0.1) is 0 Å². The predicted molar refractivity (Wildman–Crippen MR) is 104 cm³/mol. The lowest BCUT2D eigenvalue weighted by Crippen LogP contribution is -2.22. The minimum Gasteiger partial charge on any atom is -0.485 e. The second-order valence-electron chi connectivity index (χ2n) is 6.32. The highest BCUT2D eigenvalue weighted by Gasteiger charge is 2.11. The molecule has 0 aliphatic rings. The highest BCUT2D eigenvalue weighted by atomic mass is 16.5. The Balaban J connectivity index is 1.34. The summed E-state index contributed by atoms with van der Waals surface area (Å²) in [6.07, 6.45) is 5.41. The molecule has 0 fully saturated rings. The van der Waals surface area contributed by atoms with Gasteiger partial charge in [0.05, 0.1) is 12.1 Å². The van der Waals surface area contributed by atoms with Crippen molar-refractivity contribution in [1.29, 1.82) is 0 Å². The van der Waals surface area contributed by atoms with Crippen LogP contribution in [0.1, 0.15) is 12.7 Å². The van der Waals surface area contributed by atoms with E-state index in [4.69, 9.17) is 9.26 Å². The molecule has 1 atom stereocenters. The Morgan fingerprint density at radius 3 is 2.79 bits per heavy atom. The molecule has 0 amide bonds. The van der Waals surface area contributed by atoms with E-state index in [9.17, 15) is 0 Å². The zero-order valence-corrected chi connectivity index (χ0v) is 15.4. The highest BCUT2D eigenvalue weighted by Crippen LogP contribution is 2.19. The molecular weight excluding hydrogens is 356 g/mol. The van der Waals surface area contributed by atoms with E-state index < -0.39 is 0 Å². The number of rotatable bonds is 8. The molecule has 3 heterocycles. The van der Waals surface area contributed by atoms with Crippen LogP contribution in [-0.4, -0.2) is 30.9 Å². The summed E-state index contributed by atoms with van der Waals surface area (Å²) >= 11 is 0. The Kier molecular flexibility index (Phi) is 5.28. The smallest absolute Gasteiger partial charge is 0.259 e. The number of nitrogens with one attached hydrogen (secondary N) is 1. The largest absolute Gasteiger partial charge is 0.485 e. The Labute approximate surface area is 162 Å². The van der Waals surface area contributed by atoms with Crippen LogP contribution in [0.2, 0.25) is 0 Å². The zero-order valence-electron chi connectivity index (χ0n) is 15.4. The van der Waals surface area contributed by atoms with Gasteiger partial charge in [-0.15, -0.1) is 0 Å². The van der Waals surface area contributed by atoms with E-state index in [1.165, 1.54) is 0 Å². The van der Waals surface area contributed by atoms with Crippen LogP contribution < -0.4 is 10.1 Å². The van der Waals surface area contributed by atoms with Gasteiger partial charge in [-0.1, -0.05) is 23.4 Å². The van der Waals surface area contributed by atoms with Crippen LogP contribution in [0.4, 0.5) is 5.82 Å². The van der Waals surface area contributed by atoms with Gasteiger partial charge in [-0.25, -0.2) is 4.98 Å². The molecule has 0 aliphatic carbocycles. The molecule has 1 N–H and O–H groups in total. The van der Waals surface area contributed by atoms with Gasteiger partial charge in [0, 0.05) is 24.6 Å². The third kappa shape index (κ3) is 4.53. The van der Waals surface area contributed by atoms with Crippen LogP contribution in [0.5, 0.6) is 5.75 Å². The highest BCUT2D eigenvalue weighted by molar-refractivity contribution is 5.54. The molecule has 0 aliphatic heterocycles. The maximum Gasteiger partial charge on any atom is 0.259 e. The van der Waals surface area contributed by atoms with E-state index in [1.54, 1.807) is 12.4 Å². The van der Waals surface area contributed by atoms with E-state index in [-0.39, 0.29) is 12.6 Å². The third-order valence-electron chi connectivity index (χ3n) is 4.00. The monoisotopic (exact) mass is 376 g/mol. The fourth-order valence-electron chi connectivity index (χ4n) is 2.69. The molecule has 28 heavy (non-hydrogen) atoms. The lowest BCUT2D eigenvalue weighted by atomic mass is 10.2. The van der Waals surface area contributed by atoms with E-state index in [2.05, 4.69) is 32.5 Å². The van der Waals surface area contributed by atoms with Gasteiger partial charge in [-0.05, 0) is 37.3 Å². The van der Waals surface area contributed by atoms with Crippen LogP contribution >= 0.6 is 0 Å². The molecule has 4 aromatic rings. The minimum atomic E-state index is 0.184. The van der Waals surface area contributed by atoms with E-state index in [1.807, 2.05) is 59.4 Å². The summed E-state index contributed by atoms with van der Waals surface area (Å²) in [4.78, 5) is 8.79. The molecule has 0 saturated heterocycles. The summed E-state index contributed by atoms with van der Waals surface area (Å²) in [7, 11) is 0. The van der Waals surface area contributed by atoms with Crippen LogP contribution in [0.25, 0.3) is 11.5 Å². The number of para-hydroxylation sites is 1. The van der Waals surface area contributed by atoms with E-state index in [0.717, 1.165) is 23.7 Å². The number of ether oxygens (including phenoxy) is 1. The number of hydrogen-bond donors (Lipinski definition) is 1. The topological polar surface area (TPSA) is 90.9 Å². The van der Waals surface area contributed by atoms with Gasteiger partial charge in [-0.2, -0.15) is 10.1 Å². The fraction of sp³-hybridized carbons (Fsp3) is 0.200. The number of hydrogen-bond acceptors (Lipinski definition) is 7. The summed E-state index contributed by atoms with van der Waals surface area (Å²) < 4.78 is 12.8. The standard InChI is InChI=1S/C20H20N6O2/c1-15(13-26-11-5-10-22-26)23-18-9-8-16(12-21-18)20-24-19(25-28-20)14-27-17-6-3-2-4-7-17/h2-12,15H,13-14H2,1H3,(H,21,23). The number of nitrogens with zero attached hydrogens (tertiary/aromatic N) is 5. The number of pyridine rings is 1. The molecule has 0 saturated carbocycles.